The van der Waals surface area contributed by atoms with Crippen LogP contribution in [0.15, 0.2) is 25.6 Å². The first-order valence-corrected chi connectivity index (χ1v) is 7.96. The van der Waals surface area contributed by atoms with E-state index in [1.54, 1.807) is 0 Å². The van der Waals surface area contributed by atoms with E-state index in [9.17, 15) is 4.79 Å². The van der Waals surface area contributed by atoms with E-state index >= 15 is 0 Å². The van der Waals surface area contributed by atoms with Gasteiger partial charge in [0.25, 0.3) is 0 Å². The summed E-state index contributed by atoms with van der Waals surface area (Å²) < 4.78 is 2.52. The highest BCUT2D eigenvalue weighted by molar-refractivity contribution is 9.11. The third-order valence-electron chi connectivity index (χ3n) is 2.96. The normalized spacial score (nSPS) is 11.4. The van der Waals surface area contributed by atoms with E-state index in [1.807, 2.05) is 26.0 Å². The van der Waals surface area contributed by atoms with Crippen molar-refractivity contribution in [2.45, 2.75) is 32.2 Å². The molecule has 0 bridgehead atoms. The first-order valence-electron chi connectivity index (χ1n) is 5.59. The molecule has 1 rings (SSSR count). The third-order valence-corrected chi connectivity index (χ3v) is 4.67. The number of carbonyl (C=O) groups is 1. The highest BCUT2D eigenvalue weighted by Gasteiger charge is 2.30. The highest BCUT2D eigenvalue weighted by Crippen LogP contribution is 2.35. The van der Waals surface area contributed by atoms with Crippen molar-refractivity contribution in [1.82, 2.24) is 0 Å². The summed E-state index contributed by atoms with van der Waals surface area (Å²) in [6.07, 6.45) is 1.20. The fraction of sp³-hybridized carbons (Fsp3) is 0.417. The number of nitrogens with one attached hydrogen (secondary N) is 1. The van der Waals surface area contributed by atoms with Crippen LogP contribution in [0.2, 0.25) is 0 Å². The van der Waals surface area contributed by atoms with Crippen LogP contribution in [0.25, 0.3) is 0 Å². The molecule has 3 nitrogen and oxygen atoms in total. The topological polar surface area (TPSA) is 55.1 Å². The van der Waals surface area contributed by atoms with Crippen molar-refractivity contribution in [3.05, 3.63) is 25.6 Å². The van der Waals surface area contributed by atoms with E-state index in [-0.39, 0.29) is 5.91 Å². The van der Waals surface area contributed by atoms with Gasteiger partial charge in [0.1, 0.15) is 0 Å². The monoisotopic (exact) mass is 440 g/mol. The number of rotatable bonds is 4. The molecule has 0 spiro atoms. The smallest absolute Gasteiger partial charge is 0.244 e. The Morgan fingerprint density at radius 1 is 1.22 bits per heavy atom. The minimum absolute atomic E-state index is 0.170. The molecule has 0 saturated heterocycles. The lowest BCUT2D eigenvalue weighted by Gasteiger charge is -2.25. The van der Waals surface area contributed by atoms with Crippen molar-refractivity contribution in [2.24, 2.45) is 5.73 Å². The molecule has 0 aliphatic heterocycles. The molecule has 0 aromatic heterocycles. The van der Waals surface area contributed by atoms with Gasteiger partial charge in [-0.15, -0.1) is 0 Å². The highest BCUT2D eigenvalue weighted by atomic mass is 79.9. The molecule has 1 aromatic carbocycles. The first-order chi connectivity index (χ1) is 8.34. The van der Waals surface area contributed by atoms with Gasteiger partial charge in [-0.25, -0.2) is 0 Å². The van der Waals surface area contributed by atoms with Gasteiger partial charge in [0.05, 0.1) is 11.2 Å². The summed E-state index contributed by atoms with van der Waals surface area (Å²) in [7, 11) is 0. The lowest BCUT2D eigenvalue weighted by Crippen LogP contribution is -2.50. The van der Waals surface area contributed by atoms with Gasteiger partial charge in [0, 0.05) is 13.4 Å². The Balaban J connectivity index is 3.02. The second-order valence-electron chi connectivity index (χ2n) is 4.06. The molecule has 1 aromatic rings. The molecule has 1 amide bonds. The predicted octanol–water partition coefficient (Wildman–Crippen LogP) is 4.43. The van der Waals surface area contributed by atoms with E-state index < -0.39 is 5.54 Å². The van der Waals surface area contributed by atoms with Crippen LogP contribution in [0.4, 0.5) is 5.69 Å². The Hall–Kier alpha value is 0.0900. The molecule has 0 fully saturated rings. The Morgan fingerprint density at radius 2 is 1.67 bits per heavy atom. The van der Waals surface area contributed by atoms with Gasteiger partial charge in [-0.05, 0) is 56.8 Å². The van der Waals surface area contributed by atoms with Gasteiger partial charge in [-0.3, -0.25) is 4.79 Å². The average molecular weight is 443 g/mol. The molecule has 100 valence electrons. The second-order valence-corrected chi connectivity index (χ2v) is 6.69. The van der Waals surface area contributed by atoms with Crippen LogP contribution >= 0.6 is 47.8 Å². The second kappa shape index (κ2) is 6.50. The third kappa shape index (κ3) is 3.56. The van der Waals surface area contributed by atoms with Gasteiger partial charge in [0.2, 0.25) is 5.91 Å². The van der Waals surface area contributed by atoms with Crippen LogP contribution in [0.3, 0.4) is 0 Å². The Morgan fingerprint density at radius 3 is 2.06 bits per heavy atom. The SMILES string of the molecule is CCC(N)(CC)C(=O)Nc1c(Br)cc(Br)cc1Br. The largest absolute Gasteiger partial charge is 0.323 e. The van der Waals surface area contributed by atoms with Gasteiger partial charge in [0.15, 0.2) is 0 Å². The molecule has 0 atom stereocenters. The molecular weight excluding hydrogens is 428 g/mol. The maximum atomic E-state index is 12.2. The summed E-state index contributed by atoms with van der Waals surface area (Å²) in [5, 5.41) is 2.87. The summed E-state index contributed by atoms with van der Waals surface area (Å²) in [6.45, 7) is 3.82. The standard InChI is InChI=1S/C12H15Br3N2O/c1-3-12(16,4-2)11(18)17-10-8(14)5-7(13)6-9(10)15/h5-6H,3-4,16H2,1-2H3,(H,17,18). The van der Waals surface area contributed by atoms with E-state index in [2.05, 4.69) is 53.1 Å². The summed E-state index contributed by atoms with van der Waals surface area (Å²) in [5.41, 5.74) is 5.93. The predicted molar refractivity (Wildman–Crippen MR) is 85.7 cm³/mol. The molecule has 0 aliphatic rings. The van der Waals surface area contributed by atoms with Crippen molar-refractivity contribution in [1.29, 1.82) is 0 Å². The van der Waals surface area contributed by atoms with Crippen molar-refractivity contribution in [2.75, 3.05) is 5.32 Å². The van der Waals surface area contributed by atoms with Crippen LogP contribution < -0.4 is 11.1 Å². The van der Waals surface area contributed by atoms with Gasteiger partial charge < -0.3 is 11.1 Å². The molecule has 18 heavy (non-hydrogen) atoms. The van der Waals surface area contributed by atoms with Crippen molar-refractivity contribution < 1.29 is 4.79 Å². The number of hydrogen-bond donors (Lipinski definition) is 2. The van der Waals surface area contributed by atoms with Crippen LogP contribution in [-0.2, 0) is 4.79 Å². The summed E-state index contributed by atoms with van der Waals surface area (Å²) >= 11 is 10.2. The molecule has 0 saturated carbocycles. The number of benzene rings is 1. The number of halogens is 3. The summed E-state index contributed by atoms with van der Waals surface area (Å²) in [4.78, 5) is 12.2. The number of amides is 1. The zero-order valence-electron chi connectivity index (χ0n) is 10.2. The maximum absolute atomic E-state index is 12.2. The Kier molecular flexibility index (Phi) is 5.83. The van der Waals surface area contributed by atoms with Crippen molar-refractivity contribution in [3.8, 4) is 0 Å². The van der Waals surface area contributed by atoms with Crippen LogP contribution in [0.1, 0.15) is 26.7 Å². The van der Waals surface area contributed by atoms with E-state index in [0.29, 0.717) is 18.5 Å². The van der Waals surface area contributed by atoms with Gasteiger partial charge >= 0.3 is 0 Å². The lowest BCUT2D eigenvalue weighted by atomic mass is 9.93. The Labute approximate surface area is 132 Å². The van der Waals surface area contributed by atoms with Crippen molar-refractivity contribution in [3.63, 3.8) is 0 Å². The van der Waals surface area contributed by atoms with E-state index in [1.165, 1.54) is 0 Å². The number of carbonyl (C=O) groups excluding carboxylic acids is 1. The van der Waals surface area contributed by atoms with Crippen LogP contribution in [0.5, 0.6) is 0 Å². The van der Waals surface area contributed by atoms with Gasteiger partial charge in [-0.2, -0.15) is 0 Å². The first kappa shape index (κ1) is 16.1. The van der Waals surface area contributed by atoms with Crippen LogP contribution in [-0.4, -0.2) is 11.4 Å². The average Bonchev–Trinajstić information content (AvgIpc) is 2.32. The zero-order valence-corrected chi connectivity index (χ0v) is 14.9. The minimum atomic E-state index is -0.827. The molecule has 0 unspecified atom stereocenters. The molecule has 0 radical (unpaired) electrons. The summed E-state index contributed by atoms with van der Waals surface area (Å²) in [6, 6.07) is 3.74. The summed E-state index contributed by atoms with van der Waals surface area (Å²) in [5.74, 6) is -0.170. The van der Waals surface area contributed by atoms with E-state index in [4.69, 9.17) is 5.73 Å². The fourth-order valence-corrected chi connectivity index (χ4v) is 3.93. The number of nitrogens with two attached hydrogens (primary N) is 1. The molecule has 0 heterocycles. The number of hydrogen-bond acceptors (Lipinski definition) is 2. The zero-order chi connectivity index (χ0) is 13.9. The molecular formula is C12H15Br3N2O. The molecule has 0 aliphatic carbocycles. The lowest BCUT2D eigenvalue weighted by molar-refractivity contribution is -0.121. The van der Waals surface area contributed by atoms with Crippen molar-refractivity contribution >= 4 is 59.4 Å². The van der Waals surface area contributed by atoms with E-state index in [0.717, 1.165) is 13.4 Å². The quantitative estimate of drug-likeness (QED) is 0.724. The molecule has 3 N–H and O–H groups in total. The fourth-order valence-electron chi connectivity index (χ4n) is 1.47. The van der Waals surface area contributed by atoms with Crippen LogP contribution in [0, 0.1) is 0 Å². The Bertz CT molecular complexity index is 436. The number of anilines is 1. The van der Waals surface area contributed by atoms with Gasteiger partial charge in [-0.1, -0.05) is 29.8 Å². The minimum Gasteiger partial charge on any atom is -0.323 e. The molecule has 6 heteroatoms. The maximum Gasteiger partial charge on any atom is 0.244 e.